The van der Waals surface area contributed by atoms with Crippen LogP contribution in [0.3, 0.4) is 0 Å². The van der Waals surface area contributed by atoms with Crippen molar-refractivity contribution in [2.75, 3.05) is 46.0 Å². The van der Waals surface area contributed by atoms with Gasteiger partial charge in [0.05, 0.1) is 6.26 Å². The topological polar surface area (TPSA) is 65.0 Å². The van der Waals surface area contributed by atoms with Gasteiger partial charge in [-0.15, -0.1) is 24.0 Å². The fourth-order valence-corrected chi connectivity index (χ4v) is 4.77. The lowest BCUT2D eigenvalue weighted by Gasteiger charge is -2.31. The Balaban J connectivity index is 0.00000312. The Labute approximate surface area is 170 Å². The van der Waals surface area contributed by atoms with Gasteiger partial charge >= 0.3 is 0 Å². The van der Waals surface area contributed by atoms with E-state index in [2.05, 4.69) is 29.1 Å². The smallest absolute Gasteiger partial charge is 0.211 e. The van der Waals surface area contributed by atoms with E-state index in [4.69, 9.17) is 0 Å². The lowest BCUT2D eigenvalue weighted by Crippen LogP contribution is -2.45. The first-order chi connectivity index (χ1) is 11.3. The minimum absolute atomic E-state index is 0. The number of nitrogens with zero attached hydrogens (tertiary/aromatic N) is 3. The molecule has 148 valence electrons. The number of hydrogen-bond acceptors (Lipinski definition) is 3. The minimum Gasteiger partial charge on any atom is -0.356 e. The number of hydrogen-bond donors (Lipinski definition) is 1. The molecule has 2 fully saturated rings. The molecule has 0 aromatic carbocycles. The van der Waals surface area contributed by atoms with Gasteiger partial charge in [-0.05, 0) is 43.4 Å². The third-order valence-electron chi connectivity index (χ3n) is 5.19. The highest BCUT2D eigenvalue weighted by molar-refractivity contribution is 14.0. The van der Waals surface area contributed by atoms with Gasteiger partial charge in [-0.1, -0.05) is 13.8 Å². The van der Waals surface area contributed by atoms with Crippen molar-refractivity contribution in [3.05, 3.63) is 0 Å². The summed E-state index contributed by atoms with van der Waals surface area (Å²) in [5.74, 6) is 3.06. The van der Waals surface area contributed by atoms with E-state index in [-0.39, 0.29) is 24.0 Å². The lowest BCUT2D eigenvalue weighted by atomic mass is 9.97. The molecule has 2 aliphatic heterocycles. The van der Waals surface area contributed by atoms with Crippen molar-refractivity contribution in [3.63, 3.8) is 0 Å². The third-order valence-corrected chi connectivity index (χ3v) is 6.50. The number of likely N-dealkylation sites (tertiary alicyclic amines) is 1. The van der Waals surface area contributed by atoms with Gasteiger partial charge in [0.2, 0.25) is 10.0 Å². The monoisotopic (exact) mass is 486 g/mol. The van der Waals surface area contributed by atoms with E-state index in [0.29, 0.717) is 19.0 Å². The molecule has 2 rings (SSSR count). The highest BCUT2D eigenvalue weighted by Gasteiger charge is 2.27. The Kier molecular flexibility index (Phi) is 9.45. The molecule has 0 saturated carbocycles. The molecule has 8 heteroatoms. The highest BCUT2D eigenvalue weighted by atomic mass is 127. The summed E-state index contributed by atoms with van der Waals surface area (Å²) < 4.78 is 24.7. The molecule has 2 saturated heterocycles. The molecule has 0 radical (unpaired) electrons. The molecule has 2 heterocycles. The normalized spacial score (nSPS) is 23.8. The van der Waals surface area contributed by atoms with Crippen LogP contribution < -0.4 is 5.32 Å². The van der Waals surface area contributed by atoms with E-state index >= 15 is 0 Å². The predicted octanol–water partition coefficient (Wildman–Crippen LogP) is 2.22. The number of halogens is 1. The summed E-state index contributed by atoms with van der Waals surface area (Å²) in [5, 5.41) is 3.52. The molecular formula is C17H35IN4O2S. The molecule has 0 amide bonds. The minimum atomic E-state index is -3.03. The summed E-state index contributed by atoms with van der Waals surface area (Å²) in [6.07, 6.45) is 5.69. The zero-order valence-corrected chi connectivity index (χ0v) is 19.2. The second kappa shape index (κ2) is 10.3. The zero-order chi connectivity index (χ0) is 17.7. The molecule has 1 unspecified atom stereocenters. The molecule has 1 N–H and O–H groups in total. The lowest BCUT2D eigenvalue weighted by molar-refractivity contribution is 0.273. The van der Waals surface area contributed by atoms with Crippen molar-refractivity contribution in [1.82, 2.24) is 14.5 Å². The van der Waals surface area contributed by atoms with Crippen LogP contribution in [-0.2, 0) is 10.0 Å². The van der Waals surface area contributed by atoms with Crippen molar-refractivity contribution in [3.8, 4) is 0 Å². The van der Waals surface area contributed by atoms with E-state index in [1.54, 1.807) is 4.31 Å². The Hall–Kier alpha value is -0.0900. The molecule has 0 aliphatic carbocycles. The largest absolute Gasteiger partial charge is 0.356 e. The molecule has 6 nitrogen and oxygen atoms in total. The third kappa shape index (κ3) is 7.21. The quantitative estimate of drug-likeness (QED) is 0.368. The van der Waals surface area contributed by atoms with Crippen molar-refractivity contribution in [1.29, 1.82) is 0 Å². The molecule has 0 spiro atoms. The summed E-state index contributed by atoms with van der Waals surface area (Å²) in [7, 11) is -1.18. The van der Waals surface area contributed by atoms with Crippen LogP contribution in [0.5, 0.6) is 0 Å². The average molecular weight is 486 g/mol. The molecule has 0 aromatic rings. The summed E-state index contributed by atoms with van der Waals surface area (Å²) in [4.78, 5) is 6.82. The highest BCUT2D eigenvalue weighted by Crippen LogP contribution is 2.23. The standard InChI is InChI=1S/C17H34N4O2S.HI/c1-14(2)11-16-5-8-20(13-16)17(18-3)19-12-15-6-9-21(10-7-15)24(4,22)23;/h14-16H,5-13H2,1-4H3,(H,18,19);1H. The number of guanidine groups is 1. The summed E-state index contributed by atoms with van der Waals surface area (Å²) >= 11 is 0. The first kappa shape index (κ1) is 23.0. The number of rotatable bonds is 5. The first-order valence-electron chi connectivity index (χ1n) is 9.20. The Morgan fingerprint density at radius 2 is 1.76 bits per heavy atom. The van der Waals surface area contributed by atoms with Crippen LogP contribution in [0.15, 0.2) is 4.99 Å². The molecular weight excluding hydrogens is 451 g/mol. The van der Waals surface area contributed by atoms with Gasteiger partial charge in [0.1, 0.15) is 0 Å². The summed E-state index contributed by atoms with van der Waals surface area (Å²) in [6.45, 7) is 8.94. The Morgan fingerprint density at radius 1 is 1.16 bits per heavy atom. The van der Waals surface area contributed by atoms with Crippen LogP contribution >= 0.6 is 24.0 Å². The number of piperidine rings is 1. The molecule has 25 heavy (non-hydrogen) atoms. The van der Waals surface area contributed by atoms with E-state index in [9.17, 15) is 8.42 Å². The van der Waals surface area contributed by atoms with Crippen LogP contribution in [-0.4, -0.2) is 69.6 Å². The maximum absolute atomic E-state index is 11.6. The summed E-state index contributed by atoms with van der Waals surface area (Å²) in [5.41, 5.74) is 0. The SMILES string of the molecule is CN=C(NCC1CCN(S(C)(=O)=O)CC1)N1CCC(CC(C)C)C1.I. The van der Waals surface area contributed by atoms with Gasteiger partial charge in [0.15, 0.2) is 5.96 Å². The predicted molar refractivity (Wildman–Crippen MR) is 115 cm³/mol. The maximum Gasteiger partial charge on any atom is 0.211 e. The zero-order valence-electron chi connectivity index (χ0n) is 16.1. The van der Waals surface area contributed by atoms with Gasteiger partial charge in [-0.3, -0.25) is 4.99 Å². The van der Waals surface area contributed by atoms with Gasteiger partial charge < -0.3 is 10.2 Å². The van der Waals surface area contributed by atoms with E-state index in [1.165, 1.54) is 19.1 Å². The van der Waals surface area contributed by atoms with Crippen LogP contribution in [0.1, 0.15) is 39.5 Å². The van der Waals surface area contributed by atoms with E-state index in [0.717, 1.165) is 50.3 Å². The second-order valence-electron chi connectivity index (χ2n) is 7.76. The molecule has 0 aromatic heterocycles. The number of aliphatic imine (C=N–C) groups is 1. The van der Waals surface area contributed by atoms with Gasteiger partial charge in [-0.25, -0.2) is 12.7 Å². The van der Waals surface area contributed by atoms with E-state index in [1.807, 2.05) is 7.05 Å². The Bertz CT molecular complexity index is 531. The fraction of sp³-hybridized carbons (Fsp3) is 0.941. The van der Waals surface area contributed by atoms with Gasteiger partial charge in [-0.2, -0.15) is 0 Å². The number of sulfonamides is 1. The van der Waals surface area contributed by atoms with Crippen molar-refractivity contribution >= 4 is 40.0 Å². The molecule has 0 bridgehead atoms. The van der Waals surface area contributed by atoms with Gasteiger partial charge in [0.25, 0.3) is 0 Å². The Morgan fingerprint density at radius 3 is 2.28 bits per heavy atom. The maximum atomic E-state index is 11.6. The van der Waals surface area contributed by atoms with E-state index < -0.39 is 10.0 Å². The van der Waals surface area contributed by atoms with Crippen LogP contribution in [0.4, 0.5) is 0 Å². The first-order valence-corrected chi connectivity index (χ1v) is 11.0. The van der Waals surface area contributed by atoms with Crippen molar-refractivity contribution < 1.29 is 8.42 Å². The second-order valence-corrected chi connectivity index (χ2v) is 9.75. The number of nitrogens with one attached hydrogen (secondary N) is 1. The fourth-order valence-electron chi connectivity index (χ4n) is 3.90. The van der Waals surface area contributed by atoms with Crippen LogP contribution in [0.2, 0.25) is 0 Å². The molecule has 1 atom stereocenters. The van der Waals surface area contributed by atoms with Crippen molar-refractivity contribution in [2.45, 2.75) is 39.5 Å². The van der Waals surface area contributed by atoms with Crippen LogP contribution in [0.25, 0.3) is 0 Å². The summed E-state index contributed by atoms with van der Waals surface area (Å²) in [6, 6.07) is 0. The molecule has 2 aliphatic rings. The van der Waals surface area contributed by atoms with Crippen molar-refractivity contribution in [2.24, 2.45) is 22.7 Å². The average Bonchev–Trinajstić information content (AvgIpc) is 2.95. The van der Waals surface area contributed by atoms with Gasteiger partial charge in [0, 0.05) is 39.8 Å². The van der Waals surface area contributed by atoms with Crippen LogP contribution in [0, 0.1) is 17.8 Å².